The van der Waals surface area contributed by atoms with E-state index in [1.165, 1.54) is 30.5 Å². The van der Waals surface area contributed by atoms with Crippen LogP contribution in [0, 0.1) is 0 Å². The molecule has 0 unspecified atom stereocenters. The monoisotopic (exact) mass is 302 g/mol. The fraction of sp³-hybridized carbons (Fsp3) is 0.846. The average molecular weight is 302 g/mol. The summed E-state index contributed by atoms with van der Waals surface area (Å²) >= 11 is 0. The highest BCUT2D eigenvalue weighted by Crippen LogP contribution is 2.14. The lowest BCUT2D eigenvalue weighted by Gasteiger charge is -2.44. The molecule has 0 bridgehead atoms. The summed E-state index contributed by atoms with van der Waals surface area (Å²) in [7, 11) is 2.51. The zero-order chi connectivity index (χ0) is 15.4. The minimum atomic E-state index is -0.682. The van der Waals surface area contributed by atoms with Gasteiger partial charge in [0.05, 0.1) is 33.9 Å². The number of quaternary nitrogens is 1. The van der Waals surface area contributed by atoms with Crippen LogP contribution in [0.15, 0.2) is 0 Å². The van der Waals surface area contributed by atoms with Gasteiger partial charge in [0.15, 0.2) is 0 Å². The summed E-state index contributed by atoms with van der Waals surface area (Å²) in [6.07, 6.45) is 1.48. The fourth-order valence-electron chi connectivity index (χ4n) is 3.14. The van der Waals surface area contributed by atoms with Crippen LogP contribution in [0.2, 0.25) is 0 Å². The van der Waals surface area contributed by atoms with Crippen molar-refractivity contribution in [2.45, 2.75) is 31.4 Å². The lowest BCUT2D eigenvalue weighted by atomic mass is 10.0. The first-order valence-corrected chi connectivity index (χ1v) is 7.32. The number of aliphatic hydroxyl groups excluding tert-OH is 1. The van der Waals surface area contributed by atoms with E-state index in [0.29, 0.717) is 0 Å². The number of piperidine rings is 1. The van der Waals surface area contributed by atoms with Crippen molar-refractivity contribution in [3.63, 3.8) is 0 Å². The second kappa shape index (κ2) is 6.95. The largest absolute Gasteiger partial charge is 0.452 e. The number of carbonyl (C=O) groups excluding carboxylic acids is 2. The van der Waals surface area contributed by atoms with Gasteiger partial charge in [-0.2, -0.15) is 0 Å². The van der Waals surface area contributed by atoms with Crippen LogP contribution >= 0.6 is 0 Å². The Morgan fingerprint density at radius 1 is 1.00 bits per heavy atom. The number of ether oxygens (including phenoxy) is 2. The molecule has 2 N–H and O–H groups in total. The van der Waals surface area contributed by atoms with Gasteiger partial charge in [-0.1, -0.05) is 0 Å². The number of hydrogen-bond acceptors (Lipinski definition) is 5. The molecule has 2 aliphatic heterocycles. The molecule has 2 heterocycles. The van der Waals surface area contributed by atoms with Crippen molar-refractivity contribution >= 4 is 12.2 Å². The van der Waals surface area contributed by atoms with Crippen molar-refractivity contribution in [1.82, 2.24) is 10.0 Å². The summed E-state index contributed by atoms with van der Waals surface area (Å²) in [6.45, 7) is 2.25. The molecule has 8 nitrogen and oxygen atoms in total. The lowest BCUT2D eigenvalue weighted by molar-refractivity contribution is -0.934. The molecule has 2 amide bonds. The van der Waals surface area contributed by atoms with E-state index in [9.17, 15) is 14.7 Å². The van der Waals surface area contributed by atoms with E-state index in [1.807, 2.05) is 0 Å². The van der Waals surface area contributed by atoms with E-state index < -0.39 is 18.3 Å². The zero-order valence-electron chi connectivity index (χ0n) is 12.6. The molecule has 2 aliphatic rings. The molecule has 0 radical (unpaired) electrons. The van der Waals surface area contributed by atoms with Crippen LogP contribution in [-0.4, -0.2) is 79.9 Å². The van der Waals surface area contributed by atoms with Crippen molar-refractivity contribution in [1.29, 1.82) is 0 Å². The van der Waals surface area contributed by atoms with Crippen LogP contribution in [-0.2, 0) is 9.47 Å². The Bertz CT molecular complexity index is 386. The number of rotatable bonds is 1. The molecule has 0 spiro atoms. The van der Waals surface area contributed by atoms with Crippen LogP contribution < -0.4 is 4.90 Å². The smallest absolute Gasteiger partial charge is 0.428 e. The van der Waals surface area contributed by atoms with Crippen molar-refractivity contribution in [2.75, 3.05) is 40.4 Å². The standard InChI is InChI=1S/C13H23N3O5/c1-20-12(18)15-8-10(14-6-4-3-5-7-14)11(17)9-16(15)13(19)21-2/h10-11,17H,3-9H2,1-2H3/p+1/t10-,11+/m0/s1. The number of methoxy groups -OCH3 is 2. The Morgan fingerprint density at radius 2 is 1.52 bits per heavy atom. The summed E-state index contributed by atoms with van der Waals surface area (Å²) in [5.74, 6) is 0. The number of amides is 2. The Balaban J connectivity index is 2.13. The van der Waals surface area contributed by atoms with E-state index in [1.54, 1.807) is 0 Å². The molecule has 0 aromatic rings. The summed E-state index contributed by atoms with van der Waals surface area (Å²) in [6, 6.07) is -0.106. The van der Waals surface area contributed by atoms with E-state index in [0.717, 1.165) is 30.9 Å². The molecule has 120 valence electrons. The first-order valence-electron chi connectivity index (χ1n) is 7.32. The predicted octanol–water partition coefficient (Wildman–Crippen LogP) is -1.15. The highest BCUT2D eigenvalue weighted by atomic mass is 16.6. The number of carbonyl (C=O) groups is 2. The second-order valence-electron chi connectivity index (χ2n) is 5.50. The number of aliphatic hydroxyl groups is 1. The molecule has 0 aromatic carbocycles. The Kier molecular flexibility index (Phi) is 5.24. The van der Waals surface area contributed by atoms with Gasteiger partial charge in [0.25, 0.3) is 0 Å². The van der Waals surface area contributed by atoms with Crippen LogP contribution in [0.3, 0.4) is 0 Å². The van der Waals surface area contributed by atoms with Crippen LogP contribution in [0.1, 0.15) is 19.3 Å². The van der Waals surface area contributed by atoms with E-state index >= 15 is 0 Å². The van der Waals surface area contributed by atoms with Crippen LogP contribution in [0.5, 0.6) is 0 Å². The molecule has 8 heteroatoms. The normalized spacial score (nSPS) is 27.4. The Hall–Kier alpha value is -1.54. The molecule has 0 saturated carbocycles. The topological polar surface area (TPSA) is 83.8 Å². The van der Waals surface area contributed by atoms with Crippen molar-refractivity contribution in [3.8, 4) is 0 Å². The van der Waals surface area contributed by atoms with Gasteiger partial charge in [0, 0.05) is 0 Å². The van der Waals surface area contributed by atoms with Gasteiger partial charge >= 0.3 is 12.2 Å². The van der Waals surface area contributed by atoms with Crippen LogP contribution in [0.4, 0.5) is 9.59 Å². The van der Waals surface area contributed by atoms with Gasteiger partial charge in [0.1, 0.15) is 18.7 Å². The first-order chi connectivity index (χ1) is 10.1. The molecule has 2 atom stereocenters. The third-order valence-electron chi connectivity index (χ3n) is 4.28. The number of β-amino-alcohol motifs (C(OH)–C–C–N with tert-alkyl or cyclic N) is 1. The van der Waals surface area contributed by atoms with Crippen LogP contribution in [0.25, 0.3) is 0 Å². The molecule has 2 rings (SSSR count). The average Bonchev–Trinajstić information content (AvgIpc) is 2.53. The number of likely N-dealkylation sites (tertiary alicyclic amines) is 1. The van der Waals surface area contributed by atoms with Crippen molar-refractivity contribution < 1.29 is 29.1 Å². The maximum absolute atomic E-state index is 11.9. The van der Waals surface area contributed by atoms with Gasteiger partial charge < -0.3 is 19.5 Å². The van der Waals surface area contributed by atoms with Gasteiger partial charge in [-0.3, -0.25) is 0 Å². The molecule has 21 heavy (non-hydrogen) atoms. The number of hydrogen-bond donors (Lipinski definition) is 2. The zero-order valence-corrected chi connectivity index (χ0v) is 12.6. The Labute approximate surface area is 124 Å². The van der Waals surface area contributed by atoms with Gasteiger partial charge in [0.2, 0.25) is 0 Å². The molecule has 0 aliphatic carbocycles. The molecular weight excluding hydrogens is 278 g/mol. The third kappa shape index (κ3) is 3.38. The van der Waals surface area contributed by atoms with E-state index in [2.05, 4.69) is 4.74 Å². The second-order valence-corrected chi connectivity index (χ2v) is 5.50. The molecule has 0 aromatic heterocycles. The minimum absolute atomic E-state index is 0.0376. The highest BCUT2D eigenvalue weighted by Gasteiger charge is 2.44. The van der Waals surface area contributed by atoms with Crippen molar-refractivity contribution in [2.24, 2.45) is 0 Å². The lowest BCUT2D eigenvalue weighted by Crippen LogP contribution is -3.19. The summed E-state index contributed by atoms with van der Waals surface area (Å²) in [5, 5.41) is 12.7. The molecule has 2 saturated heterocycles. The van der Waals surface area contributed by atoms with Gasteiger partial charge in [-0.15, -0.1) is 0 Å². The van der Waals surface area contributed by atoms with Gasteiger partial charge in [-0.05, 0) is 19.3 Å². The Morgan fingerprint density at radius 3 is 2.05 bits per heavy atom. The number of nitrogens with one attached hydrogen (secondary N) is 1. The number of nitrogens with zero attached hydrogens (tertiary/aromatic N) is 2. The minimum Gasteiger partial charge on any atom is -0.452 e. The summed E-state index contributed by atoms with van der Waals surface area (Å²) in [4.78, 5) is 24.9. The van der Waals surface area contributed by atoms with E-state index in [-0.39, 0.29) is 19.1 Å². The summed E-state index contributed by atoms with van der Waals surface area (Å²) in [5.41, 5.74) is 0. The third-order valence-corrected chi connectivity index (χ3v) is 4.28. The maximum atomic E-state index is 11.9. The fourth-order valence-corrected chi connectivity index (χ4v) is 3.14. The highest BCUT2D eigenvalue weighted by molar-refractivity contribution is 5.74. The predicted molar refractivity (Wildman–Crippen MR) is 72.6 cm³/mol. The molecule has 2 fully saturated rings. The maximum Gasteiger partial charge on any atom is 0.428 e. The molecular formula is C13H24N3O5+. The number of hydrazine groups is 1. The first kappa shape index (κ1) is 15.8. The van der Waals surface area contributed by atoms with E-state index in [4.69, 9.17) is 4.74 Å². The van der Waals surface area contributed by atoms with Crippen molar-refractivity contribution in [3.05, 3.63) is 0 Å². The summed E-state index contributed by atoms with van der Waals surface area (Å²) < 4.78 is 9.40. The van der Waals surface area contributed by atoms with Gasteiger partial charge in [-0.25, -0.2) is 19.6 Å². The SMILES string of the molecule is COC(=O)N1C[C@@H](O)[C@@H]([NH+]2CCCCC2)CN1C(=O)OC. The quantitative estimate of drug-likeness (QED) is 0.639.